The molecule has 0 amide bonds. The molecule has 8 heteroatoms. The number of Topliss-reactive ketones (excluding diaryl/α,β-unsaturated/α-hetero) is 4. The number of carboxylic acid groups (broad SMARTS) is 1. The Labute approximate surface area is 231 Å². The van der Waals surface area contributed by atoms with E-state index in [0.29, 0.717) is 57.8 Å². The van der Waals surface area contributed by atoms with Gasteiger partial charge in [-0.1, -0.05) is 13.8 Å². The molecule has 5 aliphatic rings. The van der Waals surface area contributed by atoms with Gasteiger partial charge in [-0.2, -0.15) is 0 Å². The summed E-state index contributed by atoms with van der Waals surface area (Å²) in [6, 6.07) is 0. The number of carbonyl (C=O) groups excluding carboxylic acids is 4. The molecule has 0 aromatic rings. The zero-order chi connectivity index (χ0) is 24.6. The molecule has 189 valence electrons. The molecule has 0 saturated heterocycles. The Morgan fingerprint density at radius 1 is 0.829 bits per heavy atom. The maximum atomic E-state index is 14.4. The normalized spacial score (nSPS) is 44.8. The van der Waals surface area contributed by atoms with Crippen molar-refractivity contribution in [2.75, 3.05) is 6.61 Å². The predicted molar refractivity (Wildman–Crippen MR) is 120 cm³/mol. The minimum atomic E-state index is -0.968. The van der Waals surface area contributed by atoms with Gasteiger partial charge in [0.15, 0.2) is 5.78 Å². The van der Waals surface area contributed by atoms with Crippen molar-refractivity contribution < 1.29 is 66.9 Å². The number of rotatable bonds is 8. The molecule has 2 N–H and O–H groups in total. The van der Waals surface area contributed by atoms with Crippen LogP contribution >= 0.6 is 0 Å². The minimum absolute atomic E-state index is 0. The van der Waals surface area contributed by atoms with Gasteiger partial charge in [0.25, 0.3) is 0 Å². The van der Waals surface area contributed by atoms with E-state index in [0.717, 1.165) is 0 Å². The van der Waals surface area contributed by atoms with E-state index in [1.54, 1.807) is 6.92 Å². The Bertz CT molecular complexity index is 961. The molecule has 1 radical (unpaired) electrons. The molecule has 5 fully saturated rings. The Hall–Kier alpha value is -0.786. The van der Waals surface area contributed by atoms with Crippen molar-refractivity contribution in [3.8, 4) is 0 Å². The molecule has 2 spiro atoms. The van der Waals surface area contributed by atoms with E-state index in [9.17, 15) is 34.2 Å². The summed E-state index contributed by atoms with van der Waals surface area (Å²) in [5, 5.41) is 19.8. The quantitative estimate of drug-likeness (QED) is 0.467. The standard InChI is InChI=1S/C27H36O7.Y/c1-3-5-18(30)21-14-9-16(23(21)24(32)33)27(11-14)7-6-26(25(27)34)10-13-8-15(26)22(19(31)12-28)20(13)17(29)4-2;/h13-16,20-23,28H,3-12H2,1-2H3,(H,32,33);/t13?,14?,15-,16-,20+,21+,22-,23+,26-,27-;/m1./s1. The first kappa shape index (κ1) is 27.3. The average Bonchev–Trinajstić information content (AvgIpc) is 3.60. The molecule has 7 nitrogen and oxygen atoms in total. The number of carbonyl (C=O) groups is 5. The van der Waals surface area contributed by atoms with E-state index in [4.69, 9.17) is 0 Å². The number of aliphatic hydroxyl groups excluding tert-OH is 1. The first-order valence-electron chi connectivity index (χ1n) is 13.1. The van der Waals surface area contributed by atoms with Crippen LogP contribution in [0.3, 0.4) is 0 Å². The Morgan fingerprint density at radius 2 is 1.34 bits per heavy atom. The van der Waals surface area contributed by atoms with Gasteiger partial charge in [0.05, 0.1) is 5.92 Å². The molecule has 0 heterocycles. The number of hydrogen-bond donors (Lipinski definition) is 2. The average molecular weight is 561 g/mol. The van der Waals surface area contributed by atoms with Crippen LogP contribution in [0.25, 0.3) is 0 Å². The van der Waals surface area contributed by atoms with Crippen molar-refractivity contribution in [3.05, 3.63) is 0 Å². The molecule has 5 saturated carbocycles. The molecule has 0 aliphatic heterocycles. The van der Waals surface area contributed by atoms with Crippen LogP contribution in [0.2, 0.25) is 0 Å². The van der Waals surface area contributed by atoms with Crippen LogP contribution in [0, 0.1) is 58.2 Å². The van der Waals surface area contributed by atoms with E-state index in [1.165, 1.54) is 0 Å². The fourth-order valence-corrected chi connectivity index (χ4v) is 9.82. The van der Waals surface area contributed by atoms with Crippen molar-refractivity contribution in [3.63, 3.8) is 0 Å². The van der Waals surface area contributed by atoms with Crippen molar-refractivity contribution in [2.45, 2.75) is 71.6 Å². The summed E-state index contributed by atoms with van der Waals surface area (Å²) in [6.07, 6.45) is 5.08. The SMILES string of the molecule is CCCC(=O)[C@@H]1C2C[C@H]([C@@H]1C(=O)O)[C@@]1(CC[C@]3(CC4C[C@@H]3[C@H](C(=O)CO)[C@@H]4C(=O)CC)C1=O)C2.[Y]. The maximum Gasteiger partial charge on any atom is 0.307 e. The van der Waals surface area contributed by atoms with Gasteiger partial charge in [0.1, 0.15) is 24.0 Å². The molecule has 5 rings (SSSR count). The van der Waals surface area contributed by atoms with Crippen molar-refractivity contribution in [1.29, 1.82) is 0 Å². The number of ketones is 4. The third-order valence-electron chi connectivity index (χ3n) is 10.8. The second-order valence-corrected chi connectivity index (χ2v) is 11.9. The van der Waals surface area contributed by atoms with E-state index in [1.807, 2.05) is 6.92 Å². The molecule has 35 heavy (non-hydrogen) atoms. The van der Waals surface area contributed by atoms with Crippen LogP contribution in [0.5, 0.6) is 0 Å². The van der Waals surface area contributed by atoms with E-state index >= 15 is 0 Å². The number of fused-ring (bicyclic) bond motifs is 6. The van der Waals surface area contributed by atoms with Crippen LogP contribution < -0.4 is 0 Å². The second-order valence-electron chi connectivity index (χ2n) is 11.9. The summed E-state index contributed by atoms with van der Waals surface area (Å²) >= 11 is 0. The van der Waals surface area contributed by atoms with E-state index in [2.05, 4.69) is 0 Å². The third-order valence-corrected chi connectivity index (χ3v) is 10.8. The summed E-state index contributed by atoms with van der Waals surface area (Å²) < 4.78 is 0. The molecule has 0 aromatic carbocycles. The fraction of sp³-hybridized carbons (Fsp3) is 0.815. The summed E-state index contributed by atoms with van der Waals surface area (Å²) in [5.74, 6) is -4.12. The zero-order valence-electron chi connectivity index (χ0n) is 20.7. The summed E-state index contributed by atoms with van der Waals surface area (Å²) in [7, 11) is 0. The van der Waals surface area contributed by atoms with Gasteiger partial charge in [0.2, 0.25) is 0 Å². The van der Waals surface area contributed by atoms with E-state index < -0.39 is 47.1 Å². The molecular weight excluding hydrogens is 525 g/mol. The predicted octanol–water partition coefficient (Wildman–Crippen LogP) is 2.86. The van der Waals surface area contributed by atoms with Crippen LogP contribution in [-0.4, -0.2) is 45.9 Å². The van der Waals surface area contributed by atoms with Crippen LogP contribution in [0.4, 0.5) is 0 Å². The molecular formula is C27H36O7Y. The maximum absolute atomic E-state index is 14.4. The molecule has 5 aliphatic carbocycles. The zero-order valence-corrected chi connectivity index (χ0v) is 23.5. The molecule has 10 atom stereocenters. The third kappa shape index (κ3) is 3.57. The van der Waals surface area contributed by atoms with Gasteiger partial charge in [-0.15, -0.1) is 0 Å². The molecule has 0 aromatic heterocycles. The van der Waals surface area contributed by atoms with Crippen molar-refractivity contribution in [1.82, 2.24) is 0 Å². The Balaban J connectivity index is 0.00000289. The second kappa shape index (κ2) is 9.51. The van der Waals surface area contributed by atoms with Gasteiger partial charge < -0.3 is 10.2 Å². The van der Waals surface area contributed by atoms with Gasteiger partial charge in [-0.3, -0.25) is 24.0 Å². The smallest absolute Gasteiger partial charge is 0.307 e. The van der Waals surface area contributed by atoms with Gasteiger partial charge in [-0.25, -0.2) is 0 Å². The first-order valence-corrected chi connectivity index (χ1v) is 13.1. The molecule has 2 unspecified atom stereocenters. The minimum Gasteiger partial charge on any atom is -0.481 e. The largest absolute Gasteiger partial charge is 0.481 e. The van der Waals surface area contributed by atoms with Crippen LogP contribution in [0.1, 0.15) is 71.6 Å². The van der Waals surface area contributed by atoms with Crippen molar-refractivity contribution >= 4 is 29.1 Å². The summed E-state index contributed by atoms with van der Waals surface area (Å²) in [4.78, 5) is 65.1. The van der Waals surface area contributed by atoms with E-state index in [-0.39, 0.29) is 79.5 Å². The Kier molecular flexibility index (Phi) is 7.40. The summed E-state index contributed by atoms with van der Waals surface area (Å²) in [6.45, 7) is 3.09. The number of aliphatic carboxylic acids is 1. The first-order chi connectivity index (χ1) is 16.2. The number of carboxylic acids is 1. The monoisotopic (exact) mass is 561 g/mol. The number of hydrogen-bond acceptors (Lipinski definition) is 6. The van der Waals surface area contributed by atoms with Gasteiger partial charge in [0, 0.05) is 74.1 Å². The fourth-order valence-electron chi connectivity index (χ4n) is 9.82. The van der Waals surface area contributed by atoms with Crippen LogP contribution in [0.15, 0.2) is 0 Å². The number of aliphatic hydroxyl groups is 1. The Morgan fingerprint density at radius 3 is 1.80 bits per heavy atom. The summed E-state index contributed by atoms with van der Waals surface area (Å²) in [5.41, 5.74) is -1.42. The van der Waals surface area contributed by atoms with Crippen LogP contribution in [-0.2, 0) is 56.7 Å². The van der Waals surface area contributed by atoms with Gasteiger partial charge >= 0.3 is 5.97 Å². The molecule has 4 bridgehead atoms. The topological polar surface area (TPSA) is 126 Å². The van der Waals surface area contributed by atoms with Crippen molar-refractivity contribution in [2.24, 2.45) is 58.2 Å². The van der Waals surface area contributed by atoms with Gasteiger partial charge in [-0.05, 0) is 68.6 Å².